The van der Waals surface area contributed by atoms with E-state index in [4.69, 9.17) is 0 Å². The van der Waals surface area contributed by atoms with E-state index >= 15 is 0 Å². The molecule has 0 fully saturated rings. The molecule has 0 atom stereocenters. The number of fused-ring (bicyclic) bond motifs is 1. The largest absolute Gasteiger partial charge is 0.265 e. The minimum Gasteiger partial charge on any atom is -0.265 e. The third-order valence-electron chi connectivity index (χ3n) is 2.85. The lowest BCUT2D eigenvalue weighted by molar-refractivity contribution is 0.625. The Morgan fingerprint density at radius 3 is 2.78 bits per heavy atom. The first-order valence-electron chi connectivity index (χ1n) is 5.77. The molecule has 0 unspecified atom stereocenters. The molecule has 0 amide bonds. The summed E-state index contributed by atoms with van der Waals surface area (Å²) in [5.41, 5.74) is 2.21. The van der Waals surface area contributed by atoms with Gasteiger partial charge in [-0.2, -0.15) is 5.10 Å². The third-order valence-corrected chi connectivity index (χ3v) is 3.35. The molecular formula is C12H12IN5. The Balaban J connectivity index is 2.06. The van der Waals surface area contributed by atoms with Gasteiger partial charge in [-0.3, -0.25) is 4.68 Å². The lowest BCUT2D eigenvalue weighted by Crippen LogP contribution is -2.03. The Morgan fingerprint density at radius 1 is 1.22 bits per heavy atom. The Morgan fingerprint density at radius 2 is 2.06 bits per heavy atom. The second kappa shape index (κ2) is 4.68. The molecule has 0 aliphatic heterocycles. The van der Waals surface area contributed by atoms with Crippen LogP contribution in [-0.2, 0) is 13.1 Å². The number of nitrogens with zero attached hydrogens (tertiary/aromatic N) is 5. The summed E-state index contributed by atoms with van der Waals surface area (Å²) in [6.45, 7) is 3.63. The Hall–Kier alpha value is -1.44. The van der Waals surface area contributed by atoms with E-state index in [0.29, 0.717) is 6.54 Å². The van der Waals surface area contributed by atoms with Crippen LogP contribution in [-0.4, -0.2) is 24.5 Å². The molecule has 6 heteroatoms. The molecular weight excluding hydrogens is 341 g/mol. The fourth-order valence-electron chi connectivity index (χ4n) is 2.06. The molecule has 0 aliphatic carbocycles. The number of aryl methyl sites for hydroxylation is 1. The standard InChI is InChI=1S/C12H12IN5/c1-2-18-11-6-4-3-5-9(11)10(15-18)7-17-8-14-12(13)16-17/h3-6,8H,2,7H2,1H3. The van der Waals surface area contributed by atoms with Gasteiger partial charge in [0.1, 0.15) is 6.33 Å². The maximum Gasteiger partial charge on any atom is 0.211 e. The minimum absolute atomic E-state index is 0.656. The van der Waals surface area contributed by atoms with Crippen LogP contribution in [0.1, 0.15) is 12.6 Å². The Labute approximate surface area is 118 Å². The van der Waals surface area contributed by atoms with Crippen LogP contribution in [0, 0.1) is 3.83 Å². The van der Waals surface area contributed by atoms with Crippen LogP contribution in [0.3, 0.4) is 0 Å². The highest BCUT2D eigenvalue weighted by Gasteiger charge is 2.10. The van der Waals surface area contributed by atoms with Crippen molar-refractivity contribution in [2.24, 2.45) is 0 Å². The zero-order valence-electron chi connectivity index (χ0n) is 9.91. The Bertz CT molecular complexity index is 685. The van der Waals surface area contributed by atoms with Gasteiger partial charge in [0.05, 0.1) is 17.8 Å². The van der Waals surface area contributed by atoms with Gasteiger partial charge >= 0.3 is 0 Å². The summed E-state index contributed by atoms with van der Waals surface area (Å²) in [6, 6.07) is 8.28. The number of hydrogen-bond acceptors (Lipinski definition) is 3. The number of benzene rings is 1. The van der Waals surface area contributed by atoms with Crippen molar-refractivity contribution in [1.82, 2.24) is 24.5 Å². The van der Waals surface area contributed by atoms with E-state index in [9.17, 15) is 0 Å². The molecule has 3 rings (SSSR count). The van der Waals surface area contributed by atoms with Crippen LogP contribution < -0.4 is 0 Å². The van der Waals surface area contributed by atoms with Crippen LogP contribution in [0.25, 0.3) is 10.9 Å². The van der Waals surface area contributed by atoms with Crippen molar-refractivity contribution in [3.05, 3.63) is 40.1 Å². The predicted molar refractivity (Wildman–Crippen MR) is 77.2 cm³/mol. The molecule has 3 aromatic rings. The molecule has 0 spiro atoms. The quantitative estimate of drug-likeness (QED) is 0.679. The first kappa shape index (κ1) is 11.6. The molecule has 0 saturated heterocycles. The molecule has 0 N–H and O–H groups in total. The van der Waals surface area contributed by atoms with Crippen LogP contribution in [0.5, 0.6) is 0 Å². The fraction of sp³-hybridized carbons (Fsp3) is 0.250. The smallest absolute Gasteiger partial charge is 0.211 e. The topological polar surface area (TPSA) is 48.5 Å². The number of aromatic nitrogens is 5. The summed E-state index contributed by atoms with van der Waals surface area (Å²) in [4.78, 5) is 4.12. The van der Waals surface area contributed by atoms with Crippen molar-refractivity contribution in [2.45, 2.75) is 20.0 Å². The molecule has 1 aromatic carbocycles. The van der Waals surface area contributed by atoms with Crippen molar-refractivity contribution in [1.29, 1.82) is 0 Å². The van der Waals surface area contributed by atoms with Crippen LogP contribution in [0.2, 0.25) is 0 Å². The summed E-state index contributed by atoms with van der Waals surface area (Å²) >= 11 is 2.11. The average molecular weight is 353 g/mol. The van der Waals surface area contributed by atoms with E-state index < -0.39 is 0 Å². The molecule has 0 bridgehead atoms. The second-order valence-electron chi connectivity index (χ2n) is 3.99. The van der Waals surface area contributed by atoms with Gasteiger partial charge in [-0.15, -0.1) is 5.10 Å². The molecule has 92 valence electrons. The highest BCUT2D eigenvalue weighted by molar-refractivity contribution is 14.1. The molecule has 2 heterocycles. The van der Waals surface area contributed by atoms with Gasteiger partial charge < -0.3 is 0 Å². The summed E-state index contributed by atoms with van der Waals surface area (Å²) in [7, 11) is 0. The number of halogens is 1. The summed E-state index contributed by atoms with van der Waals surface area (Å²) in [5, 5.41) is 10.1. The van der Waals surface area contributed by atoms with Gasteiger partial charge in [-0.05, 0) is 13.0 Å². The summed E-state index contributed by atoms with van der Waals surface area (Å²) in [6.07, 6.45) is 1.74. The maximum atomic E-state index is 4.64. The minimum atomic E-state index is 0.656. The van der Waals surface area contributed by atoms with Gasteiger partial charge in [0.25, 0.3) is 0 Å². The van der Waals surface area contributed by atoms with Crippen molar-refractivity contribution >= 4 is 33.5 Å². The van der Waals surface area contributed by atoms with E-state index in [1.165, 1.54) is 10.9 Å². The van der Waals surface area contributed by atoms with Crippen molar-refractivity contribution in [2.75, 3.05) is 0 Å². The fourth-order valence-corrected chi connectivity index (χ4v) is 2.46. The normalized spacial score (nSPS) is 11.2. The zero-order valence-corrected chi connectivity index (χ0v) is 12.1. The van der Waals surface area contributed by atoms with Gasteiger partial charge in [-0.25, -0.2) is 9.67 Å². The maximum absolute atomic E-state index is 4.64. The van der Waals surface area contributed by atoms with Gasteiger partial charge in [-0.1, -0.05) is 18.2 Å². The van der Waals surface area contributed by atoms with E-state index in [2.05, 4.69) is 56.8 Å². The van der Waals surface area contributed by atoms with Crippen LogP contribution in [0.4, 0.5) is 0 Å². The number of para-hydroxylation sites is 1. The number of rotatable bonds is 3. The SMILES string of the molecule is CCn1nc(Cn2cnc(I)n2)c2ccccc21. The average Bonchev–Trinajstić information content (AvgIpc) is 2.95. The van der Waals surface area contributed by atoms with E-state index in [1.807, 2.05) is 21.5 Å². The van der Waals surface area contributed by atoms with E-state index in [-0.39, 0.29) is 0 Å². The first-order chi connectivity index (χ1) is 8.78. The number of hydrogen-bond donors (Lipinski definition) is 0. The molecule has 5 nitrogen and oxygen atoms in total. The molecule has 18 heavy (non-hydrogen) atoms. The summed E-state index contributed by atoms with van der Waals surface area (Å²) in [5.74, 6) is 0. The first-order valence-corrected chi connectivity index (χ1v) is 6.85. The van der Waals surface area contributed by atoms with E-state index in [0.717, 1.165) is 16.1 Å². The van der Waals surface area contributed by atoms with Crippen molar-refractivity contribution < 1.29 is 0 Å². The van der Waals surface area contributed by atoms with Crippen LogP contribution >= 0.6 is 22.6 Å². The lowest BCUT2D eigenvalue weighted by atomic mass is 10.2. The van der Waals surface area contributed by atoms with Gasteiger partial charge in [0, 0.05) is 34.5 Å². The molecule has 0 aliphatic rings. The molecule has 2 aromatic heterocycles. The van der Waals surface area contributed by atoms with Gasteiger partial charge in [0.2, 0.25) is 3.83 Å². The van der Waals surface area contributed by atoms with Crippen molar-refractivity contribution in [3.8, 4) is 0 Å². The molecule has 0 saturated carbocycles. The monoisotopic (exact) mass is 353 g/mol. The van der Waals surface area contributed by atoms with Gasteiger partial charge in [0.15, 0.2) is 0 Å². The Kier molecular flexibility index (Phi) is 3.02. The van der Waals surface area contributed by atoms with E-state index in [1.54, 1.807) is 6.33 Å². The predicted octanol–water partition coefficient (Wildman–Crippen LogP) is 2.30. The van der Waals surface area contributed by atoms with Crippen LogP contribution in [0.15, 0.2) is 30.6 Å². The second-order valence-corrected chi connectivity index (χ2v) is 4.96. The lowest BCUT2D eigenvalue weighted by Gasteiger charge is -1.96. The third kappa shape index (κ3) is 2.00. The summed E-state index contributed by atoms with van der Waals surface area (Å²) < 4.78 is 4.59. The van der Waals surface area contributed by atoms with Crippen molar-refractivity contribution in [3.63, 3.8) is 0 Å². The molecule has 0 radical (unpaired) electrons. The zero-order chi connectivity index (χ0) is 12.5. The highest BCUT2D eigenvalue weighted by Crippen LogP contribution is 2.19. The highest BCUT2D eigenvalue weighted by atomic mass is 127.